The highest BCUT2D eigenvalue weighted by Crippen LogP contribution is 2.26. The highest BCUT2D eigenvalue weighted by molar-refractivity contribution is 5.28. The third kappa shape index (κ3) is 3.49. The molecule has 0 atom stereocenters. The van der Waals surface area contributed by atoms with E-state index in [1.54, 1.807) is 0 Å². The van der Waals surface area contributed by atoms with Gasteiger partial charge in [-0.1, -0.05) is 25.0 Å². The summed E-state index contributed by atoms with van der Waals surface area (Å²) in [5, 5.41) is 3.54. The van der Waals surface area contributed by atoms with Crippen LogP contribution in [0.4, 0.5) is 0 Å². The van der Waals surface area contributed by atoms with E-state index in [1.807, 2.05) is 0 Å². The largest absolute Gasteiger partial charge is 0.493 e. The zero-order chi connectivity index (χ0) is 12.2. The number of ether oxygens (including phenoxy) is 1. The molecule has 1 aromatic carbocycles. The van der Waals surface area contributed by atoms with Crippen molar-refractivity contribution in [3.63, 3.8) is 0 Å². The second-order valence-corrected chi connectivity index (χ2v) is 5.76. The monoisotopic (exact) mass is 245 g/mol. The molecule has 1 N–H and O–H groups in total. The number of rotatable bonds is 6. The van der Waals surface area contributed by atoms with Crippen LogP contribution in [0.1, 0.15) is 44.1 Å². The van der Waals surface area contributed by atoms with E-state index >= 15 is 0 Å². The van der Waals surface area contributed by atoms with Crippen LogP contribution in [0, 0.1) is 5.92 Å². The summed E-state index contributed by atoms with van der Waals surface area (Å²) in [5.74, 6) is 1.83. The quantitative estimate of drug-likeness (QED) is 0.828. The van der Waals surface area contributed by atoms with E-state index in [0.29, 0.717) is 0 Å². The molecule has 0 heterocycles. The molecule has 0 radical (unpaired) electrons. The van der Waals surface area contributed by atoms with Crippen molar-refractivity contribution >= 4 is 0 Å². The van der Waals surface area contributed by atoms with Crippen molar-refractivity contribution in [1.82, 2.24) is 5.32 Å². The maximum absolute atomic E-state index is 5.93. The van der Waals surface area contributed by atoms with E-state index in [1.165, 1.54) is 44.1 Å². The highest BCUT2D eigenvalue weighted by atomic mass is 16.5. The zero-order valence-electron chi connectivity index (χ0n) is 11.0. The zero-order valence-corrected chi connectivity index (χ0v) is 11.0. The van der Waals surface area contributed by atoms with Crippen molar-refractivity contribution in [2.75, 3.05) is 6.61 Å². The molecule has 2 saturated carbocycles. The molecule has 0 unspecified atom stereocenters. The van der Waals surface area contributed by atoms with Gasteiger partial charge in [0.05, 0.1) is 6.61 Å². The summed E-state index contributed by atoms with van der Waals surface area (Å²) in [5.41, 5.74) is 1.34. The first-order valence-electron chi connectivity index (χ1n) is 7.35. The van der Waals surface area contributed by atoms with Gasteiger partial charge in [-0.3, -0.25) is 0 Å². The van der Waals surface area contributed by atoms with Crippen LogP contribution < -0.4 is 10.1 Å². The van der Waals surface area contributed by atoms with E-state index < -0.39 is 0 Å². The second kappa shape index (κ2) is 5.75. The number of hydrogen-bond acceptors (Lipinski definition) is 2. The molecule has 0 aliphatic heterocycles. The maximum Gasteiger partial charge on any atom is 0.119 e. The van der Waals surface area contributed by atoms with Crippen molar-refractivity contribution in [2.45, 2.75) is 51.1 Å². The summed E-state index contributed by atoms with van der Waals surface area (Å²) in [6.07, 6.45) is 8.17. The minimum atomic E-state index is 0.771. The van der Waals surface area contributed by atoms with Crippen molar-refractivity contribution in [3.8, 4) is 5.75 Å². The number of hydrogen-bond donors (Lipinski definition) is 1. The lowest BCUT2D eigenvalue weighted by molar-refractivity contribution is 0.252. The third-order valence-corrected chi connectivity index (χ3v) is 4.03. The topological polar surface area (TPSA) is 21.3 Å². The van der Waals surface area contributed by atoms with Crippen LogP contribution in [-0.4, -0.2) is 12.6 Å². The molecule has 0 bridgehead atoms. The Morgan fingerprint density at radius 3 is 2.72 bits per heavy atom. The van der Waals surface area contributed by atoms with Gasteiger partial charge in [-0.2, -0.15) is 0 Å². The average molecular weight is 245 g/mol. The SMILES string of the molecule is c1cc(CNC2CC2)cc(OCC2CCCC2)c1. The lowest BCUT2D eigenvalue weighted by atomic mass is 10.1. The first kappa shape index (κ1) is 12.0. The van der Waals surface area contributed by atoms with E-state index in [-0.39, 0.29) is 0 Å². The first-order chi connectivity index (χ1) is 8.90. The molecule has 2 aliphatic rings. The van der Waals surface area contributed by atoms with Gasteiger partial charge in [0.1, 0.15) is 5.75 Å². The summed E-state index contributed by atoms with van der Waals surface area (Å²) >= 11 is 0. The summed E-state index contributed by atoms with van der Waals surface area (Å²) in [7, 11) is 0. The molecule has 2 aliphatic carbocycles. The van der Waals surface area contributed by atoms with E-state index in [0.717, 1.165) is 30.9 Å². The number of nitrogens with one attached hydrogen (secondary N) is 1. The minimum Gasteiger partial charge on any atom is -0.493 e. The first-order valence-corrected chi connectivity index (χ1v) is 7.35. The molecule has 0 saturated heterocycles. The molecule has 0 amide bonds. The van der Waals surface area contributed by atoms with Crippen LogP contribution in [0.15, 0.2) is 24.3 Å². The standard InChI is InChI=1S/C16H23NO/c1-2-5-13(4-1)12-18-16-7-3-6-14(10-16)11-17-15-8-9-15/h3,6-7,10,13,15,17H,1-2,4-5,8-9,11-12H2. The summed E-state index contributed by atoms with van der Waals surface area (Å²) in [4.78, 5) is 0. The van der Waals surface area contributed by atoms with E-state index in [9.17, 15) is 0 Å². The van der Waals surface area contributed by atoms with Gasteiger partial charge in [-0.15, -0.1) is 0 Å². The molecular weight excluding hydrogens is 222 g/mol. The van der Waals surface area contributed by atoms with Crippen LogP contribution in [0.25, 0.3) is 0 Å². The summed E-state index contributed by atoms with van der Waals surface area (Å²) < 4.78 is 5.93. The Bertz CT molecular complexity index is 380. The van der Waals surface area contributed by atoms with Gasteiger partial charge < -0.3 is 10.1 Å². The maximum atomic E-state index is 5.93. The Kier molecular flexibility index (Phi) is 3.84. The van der Waals surface area contributed by atoms with Gasteiger partial charge in [0.25, 0.3) is 0 Å². The normalized spacial score (nSPS) is 20.2. The summed E-state index contributed by atoms with van der Waals surface area (Å²) in [6.45, 7) is 1.88. The number of benzene rings is 1. The van der Waals surface area contributed by atoms with Crippen molar-refractivity contribution < 1.29 is 4.74 Å². The Hall–Kier alpha value is -1.02. The van der Waals surface area contributed by atoms with Gasteiger partial charge in [-0.25, -0.2) is 0 Å². The smallest absolute Gasteiger partial charge is 0.119 e. The third-order valence-electron chi connectivity index (χ3n) is 4.03. The van der Waals surface area contributed by atoms with Crippen LogP contribution in [-0.2, 0) is 6.54 Å². The molecule has 0 spiro atoms. The molecule has 98 valence electrons. The van der Waals surface area contributed by atoms with Crippen LogP contribution in [0.3, 0.4) is 0 Å². The van der Waals surface area contributed by atoms with Crippen molar-refractivity contribution in [1.29, 1.82) is 0 Å². The molecule has 2 nitrogen and oxygen atoms in total. The Morgan fingerprint density at radius 1 is 1.11 bits per heavy atom. The Balaban J connectivity index is 1.49. The lowest BCUT2D eigenvalue weighted by Crippen LogP contribution is -2.15. The van der Waals surface area contributed by atoms with Crippen molar-refractivity contribution in [3.05, 3.63) is 29.8 Å². The minimum absolute atomic E-state index is 0.771. The van der Waals surface area contributed by atoms with Crippen LogP contribution in [0.5, 0.6) is 5.75 Å². The van der Waals surface area contributed by atoms with Gasteiger partial charge in [-0.05, 0) is 49.3 Å². The molecule has 2 heteroatoms. The van der Waals surface area contributed by atoms with Gasteiger partial charge in [0.2, 0.25) is 0 Å². The fourth-order valence-corrected chi connectivity index (χ4v) is 2.69. The fourth-order valence-electron chi connectivity index (χ4n) is 2.69. The van der Waals surface area contributed by atoms with Gasteiger partial charge in [0, 0.05) is 12.6 Å². The average Bonchev–Trinajstić information content (AvgIpc) is 3.09. The molecule has 18 heavy (non-hydrogen) atoms. The summed E-state index contributed by atoms with van der Waals surface area (Å²) in [6, 6.07) is 9.32. The lowest BCUT2D eigenvalue weighted by Gasteiger charge is -2.12. The Morgan fingerprint density at radius 2 is 1.94 bits per heavy atom. The second-order valence-electron chi connectivity index (χ2n) is 5.76. The predicted octanol–water partition coefficient (Wildman–Crippen LogP) is 3.51. The van der Waals surface area contributed by atoms with Crippen molar-refractivity contribution in [2.24, 2.45) is 5.92 Å². The van der Waals surface area contributed by atoms with Gasteiger partial charge in [0.15, 0.2) is 0 Å². The predicted molar refractivity (Wildman–Crippen MR) is 73.8 cm³/mol. The van der Waals surface area contributed by atoms with Crippen LogP contribution >= 0.6 is 0 Å². The molecule has 0 aromatic heterocycles. The van der Waals surface area contributed by atoms with E-state index in [4.69, 9.17) is 4.74 Å². The molecule has 1 aromatic rings. The fraction of sp³-hybridized carbons (Fsp3) is 0.625. The van der Waals surface area contributed by atoms with Crippen LogP contribution in [0.2, 0.25) is 0 Å². The molecular formula is C16H23NO. The molecule has 3 rings (SSSR count). The Labute approximate surface area is 110 Å². The van der Waals surface area contributed by atoms with E-state index in [2.05, 4.69) is 29.6 Å². The van der Waals surface area contributed by atoms with Gasteiger partial charge >= 0.3 is 0 Å². The highest BCUT2D eigenvalue weighted by Gasteiger charge is 2.20. The molecule has 2 fully saturated rings.